The zero-order valence-electron chi connectivity index (χ0n) is 12.7. The minimum absolute atomic E-state index is 0.867. The Labute approximate surface area is 140 Å². The fourth-order valence-corrected chi connectivity index (χ4v) is 4.77. The van der Waals surface area contributed by atoms with Crippen molar-refractivity contribution in [2.75, 3.05) is 5.33 Å². The maximum absolute atomic E-state index is 3.49. The third-order valence-corrected chi connectivity index (χ3v) is 6.36. The Morgan fingerprint density at radius 3 is 1.95 bits per heavy atom. The predicted molar refractivity (Wildman–Crippen MR) is 96.2 cm³/mol. The van der Waals surface area contributed by atoms with Crippen LogP contribution in [-0.4, -0.2) is 20.3 Å². The Bertz CT molecular complexity index is 300. The zero-order chi connectivity index (χ0) is 14.3. The Morgan fingerprint density at radius 2 is 1.30 bits per heavy atom. The summed E-state index contributed by atoms with van der Waals surface area (Å²) in [6.45, 7) is 0. The number of aryl methyl sites for hydroxylation is 1. The van der Waals surface area contributed by atoms with Gasteiger partial charge in [-0.05, 0) is 0 Å². The molecule has 0 spiro atoms. The first-order valence-corrected chi connectivity index (χ1v) is 11.7. The van der Waals surface area contributed by atoms with Crippen molar-refractivity contribution < 1.29 is 0 Å². The van der Waals surface area contributed by atoms with Crippen LogP contribution in [0.5, 0.6) is 0 Å². The summed E-state index contributed by atoms with van der Waals surface area (Å²) in [5.74, 6) is 0. The van der Waals surface area contributed by atoms with Crippen LogP contribution in [0.1, 0.15) is 56.9 Å². The molecule has 0 bridgehead atoms. The number of hydrogen-bond donors (Lipinski definition) is 0. The molecule has 0 heterocycles. The molecule has 114 valence electrons. The molecular formula is C18H29BrSe. The van der Waals surface area contributed by atoms with E-state index in [0.717, 1.165) is 15.0 Å². The summed E-state index contributed by atoms with van der Waals surface area (Å²) >= 11 is 4.36. The molecule has 0 aliphatic rings. The van der Waals surface area contributed by atoms with E-state index in [9.17, 15) is 0 Å². The normalized spacial score (nSPS) is 10.8. The van der Waals surface area contributed by atoms with E-state index in [0.29, 0.717) is 0 Å². The van der Waals surface area contributed by atoms with E-state index in [1.807, 2.05) is 0 Å². The monoisotopic (exact) mass is 404 g/mol. The van der Waals surface area contributed by atoms with Gasteiger partial charge >= 0.3 is 141 Å². The summed E-state index contributed by atoms with van der Waals surface area (Å²) in [7, 11) is 0. The van der Waals surface area contributed by atoms with Crippen molar-refractivity contribution in [3.8, 4) is 0 Å². The average Bonchev–Trinajstić information content (AvgIpc) is 2.49. The standard InChI is InChI=1S/C18H29BrSe/c19-15-10-5-3-1-2-4-6-11-16-20-17-14-18-12-8-7-9-13-18/h7-9,12-13H,1-6,10-11,14-17H2. The van der Waals surface area contributed by atoms with Crippen LogP contribution in [-0.2, 0) is 6.42 Å². The van der Waals surface area contributed by atoms with Gasteiger partial charge in [0.1, 0.15) is 0 Å². The molecule has 0 N–H and O–H groups in total. The fraction of sp³-hybridized carbons (Fsp3) is 0.667. The van der Waals surface area contributed by atoms with Crippen LogP contribution in [0.3, 0.4) is 0 Å². The molecule has 1 rings (SSSR count). The molecule has 2 heteroatoms. The summed E-state index contributed by atoms with van der Waals surface area (Å²) in [5.41, 5.74) is 1.51. The first-order valence-electron chi connectivity index (χ1n) is 8.11. The van der Waals surface area contributed by atoms with Crippen molar-refractivity contribution in [1.82, 2.24) is 0 Å². The van der Waals surface area contributed by atoms with Gasteiger partial charge in [-0.15, -0.1) is 0 Å². The summed E-state index contributed by atoms with van der Waals surface area (Å²) in [5, 5.41) is 4.09. The van der Waals surface area contributed by atoms with Crippen LogP contribution in [0.15, 0.2) is 30.3 Å². The molecule has 0 aromatic heterocycles. The molecule has 0 aliphatic carbocycles. The van der Waals surface area contributed by atoms with Crippen LogP contribution in [0, 0.1) is 0 Å². The SMILES string of the molecule is BrCCCCCCCCCC[Se]CCc1ccccc1. The van der Waals surface area contributed by atoms with E-state index in [1.165, 1.54) is 79.3 Å². The van der Waals surface area contributed by atoms with E-state index in [2.05, 4.69) is 46.3 Å². The Kier molecular flexibility index (Phi) is 12.9. The average molecular weight is 404 g/mol. The molecule has 1 aromatic rings. The second-order valence-corrected chi connectivity index (χ2v) is 8.73. The summed E-state index contributed by atoms with van der Waals surface area (Å²) < 4.78 is 0. The van der Waals surface area contributed by atoms with Crippen LogP contribution in [0.2, 0.25) is 10.6 Å². The van der Waals surface area contributed by atoms with E-state index in [4.69, 9.17) is 0 Å². The quantitative estimate of drug-likeness (QED) is 0.206. The molecule has 0 atom stereocenters. The fourth-order valence-electron chi connectivity index (χ4n) is 2.30. The first kappa shape index (κ1) is 18.3. The van der Waals surface area contributed by atoms with Crippen LogP contribution < -0.4 is 0 Å². The maximum atomic E-state index is 3.49. The van der Waals surface area contributed by atoms with Gasteiger partial charge in [0.2, 0.25) is 0 Å². The number of alkyl halides is 1. The van der Waals surface area contributed by atoms with Gasteiger partial charge in [-0.1, -0.05) is 0 Å². The van der Waals surface area contributed by atoms with Gasteiger partial charge < -0.3 is 0 Å². The molecular weight excluding hydrogens is 375 g/mol. The van der Waals surface area contributed by atoms with E-state index in [-0.39, 0.29) is 0 Å². The van der Waals surface area contributed by atoms with Gasteiger partial charge in [0.05, 0.1) is 0 Å². The third-order valence-electron chi connectivity index (χ3n) is 3.55. The molecule has 0 amide bonds. The molecule has 0 radical (unpaired) electrons. The van der Waals surface area contributed by atoms with E-state index in [1.54, 1.807) is 0 Å². The van der Waals surface area contributed by atoms with Crippen molar-refractivity contribution in [3.05, 3.63) is 35.9 Å². The summed E-state index contributed by atoms with van der Waals surface area (Å²) in [4.78, 5) is 0. The molecule has 0 nitrogen and oxygen atoms in total. The second kappa shape index (κ2) is 14.2. The van der Waals surface area contributed by atoms with Gasteiger partial charge in [-0.25, -0.2) is 0 Å². The van der Waals surface area contributed by atoms with Gasteiger partial charge in [-0.2, -0.15) is 0 Å². The number of hydrogen-bond acceptors (Lipinski definition) is 0. The molecule has 0 unspecified atom stereocenters. The summed E-state index contributed by atoms with van der Waals surface area (Å²) in [6, 6.07) is 10.9. The van der Waals surface area contributed by atoms with Crippen LogP contribution >= 0.6 is 15.9 Å². The van der Waals surface area contributed by atoms with Gasteiger partial charge in [-0.3, -0.25) is 0 Å². The Morgan fingerprint density at radius 1 is 0.700 bits per heavy atom. The topological polar surface area (TPSA) is 0 Å². The van der Waals surface area contributed by atoms with E-state index < -0.39 is 0 Å². The summed E-state index contributed by atoms with van der Waals surface area (Å²) in [6.07, 6.45) is 12.8. The van der Waals surface area contributed by atoms with Gasteiger partial charge in [0.15, 0.2) is 0 Å². The third kappa shape index (κ3) is 10.9. The Hall–Kier alpha value is 0.219. The zero-order valence-corrected chi connectivity index (χ0v) is 16.0. The Balaban J connectivity index is 1.77. The number of benzene rings is 1. The molecule has 0 aliphatic heterocycles. The number of halogens is 1. The minimum atomic E-state index is 0.867. The molecule has 0 saturated heterocycles. The van der Waals surface area contributed by atoms with Gasteiger partial charge in [0, 0.05) is 0 Å². The first-order chi connectivity index (χ1) is 9.93. The van der Waals surface area contributed by atoms with Crippen LogP contribution in [0.4, 0.5) is 0 Å². The van der Waals surface area contributed by atoms with Gasteiger partial charge in [0.25, 0.3) is 0 Å². The molecule has 20 heavy (non-hydrogen) atoms. The molecule has 0 fully saturated rings. The predicted octanol–water partition coefficient (Wildman–Crippen LogP) is 6.29. The molecule has 0 saturated carbocycles. The van der Waals surface area contributed by atoms with Crippen molar-refractivity contribution in [2.45, 2.75) is 68.4 Å². The van der Waals surface area contributed by atoms with Crippen molar-refractivity contribution >= 4 is 30.9 Å². The van der Waals surface area contributed by atoms with Crippen molar-refractivity contribution in [3.63, 3.8) is 0 Å². The van der Waals surface area contributed by atoms with Crippen molar-refractivity contribution in [2.24, 2.45) is 0 Å². The van der Waals surface area contributed by atoms with Crippen molar-refractivity contribution in [1.29, 1.82) is 0 Å². The van der Waals surface area contributed by atoms with Crippen LogP contribution in [0.25, 0.3) is 0 Å². The van der Waals surface area contributed by atoms with E-state index >= 15 is 0 Å². The molecule has 1 aromatic carbocycles. The number of rotatable bonds is 13. The number of unbranched alkanes of at least 4 members (excludes halogenated alkanes) is 7. The second-order valence-electron chi connectivity index (χ2n) is 5.37.